The first-order valence-corrected chi connectivity index (χ1v) is 8.99. The van der Waals surface area contributed by atoms with Gasteiger partial charge in [-0.1, -0.05) is 29.8 Å². The van der Waals surface area contributed by atoms with Crippen LogP contribution in [0.2, 0.25) is 0 Å². The van der Waals surface area contributed by atoms with Crippen molar-refractivity contribution in [3.8, 4) is 0 Å². The molecule has 0 unspecified atom stereocenters. The molecule has 0 spiro atoms. The maximum absolute atomic E-state index is 12.3. The smallest absolute Gasteiger partial charge is 0.275 e. The molecule has 0 radical (unpaired) electrons. The Morgan fingerprint density at radius 3 is 2.42 bits per heavy atom. The van der Waals surface area contributed by atoms with Gasteiger partial charge in [-0.15, -0.1) is 0 Å². The van der Waals surface area contributed by atoms with Gasteiger partial charge in [0.05, 0.1) is 12.4 Å². The number of anilines is 2. The predicted molar refractivity (Wildman–Crippen MR) is 102 cm³/mol. The second-order valence-corrected chi connectivity index (χ2v) is 6.58. The van der Waals surface area contributed by atoms with Gasteiger partial charge in [0.2, 0.25) is 0 Å². The number of aromatic nitrogens is 2. The van der Waals surface area contributed by atoms with Crippen LogP contribution in [-0.4, -0.2) is 29.0 Å². The third-order valence-corrected chi connectivity index (χ3v) is 4.11. The minimum absolute atomic E-state index is 0.253. The highest BCUT2D eigenvalue weighted by atomic mass is 79.9. The summed E-state index contributed by atoms with van der Waals surface area (Å²) in [6.45, 7) is 8.09. The molecule has 0 aliphatic carbocycles. The number of halogens is 1. The number of nitrogens with zero attached hydrogens (tertiary/aromatic N) is 3. The summed E-state index contributed by atoms with van der Waals surface area (Å²) >= 11 is 3.41. The van der Waals surface area contributed by atoms with E-state index in [9.17, 15) is 4.79 Å². The fraction of sp³-hybridized carbons (Fsp3) is 0.389. The standard InChI is InChI=1S/C18H23BrN4O/c1-4-8-23(9-5-2)17-12-20-16(11-21-17)18(24)22-15-7-6-14(19)10-13(15)3/h6-7,10-12H,4-5,8-9H2,1-3H3,(H,22,24). The fourth-order valence-corrected chi connectivity index (χ4v) is 2.91. The largest absolute Gasteiger partial charge is 0.355 e. The molecule has 1 aromatic carbocycles. The summed E-state index contributed by atoms with van der Waals surface area (Å²) in [5, 5.41) is 2.88. The van der Waals surface area contributed by atoms with Crippen molar-refractivity contribution in [1.82, 2.24) is 9.97 Å². The van der Waals surface area contributed by atoms with Gasteiger partial charge in [0.25, 0.3) is 5.91 Å². The van der Waals surface area contributed by atoms with Crippen LogP contribution < -0.4 is 10.2 Å². The first kappa shape index (κ1) is 18.4. The van der Waals surface area contributed by atoms with Gasteiger partial charge in [-0.2, -0.15) is 0 Å². The molecule has 0 aliphatic heterocycles. The molecule has 2 aromatic rings. The van der Waals surface area contributed by atoms with Gasteiger partial charge < -0.3 is 10.2 Å². The van der Waals surface area contributed by atoms with Gasteiger partial charge in [0.15, 0.2) is 0 Å². The number of carbonyl (C=O) groups is 1. The van der Waals surface area contributed by atoms with E-state index in [0.29, 0.717) is 5.69 Å². The van der Waals surface area contributed by atoms with Gasteiger partial charge in [-0.05, 0) is 43.5 Å². The molecule has 1 amide bonds. The van der Waals surface area contributed by atoms with Crippen LogP contribution in [0.15, 0.2) is 35.1 Å². The van der Waals surface area contributed by atoms with Crippen molar-refractivity contribution in [2.24, 2.45) is 0 Å². The van der Waals surface area contributed by atoms with E-state index in [-0.39, 0.29) is 5.91 Å². The van der Waals surface area contributed by atoms with Crippen molar-refractivity contribution in [3.05, 3.63) is 46.3 Å². The molecule has 24 heavy (non-hydrogen) atoms. The maximum Gasteiger partial charge on any atom is 0.275 e. The molecule has 0 aliphatic rings. The number of rotatable bonds is 7. The van der Waals surface area contributed by atoms with Crippen LogP contribution in [0, 0.1) is 6.92 Å². The monoisotopic (exact) mass is 390 g/mol. The van der Waals surface area contributed by atoms with Crippen molar-refractivity contribution < 1.29 is 4.79 Å². The number of aryl methyl sites for hydroxylation is 1. The van der Waals surface area contributed by atoms with Crippen molar-refractivity contribution in [1.29, 1.82) is 0 Å². The number of hydrogen-bond acceptors (Lipinski definition) is 4. The van der Waals surface area contributed by atoms with Crippen molar-refractivity contribution in [3.63, 3.8) is 0 Å². The zero-order valence-electron chi connectivity index (χ0n) is 14.3. The molecule has 1 heterocycles. The Hall–Kier alpha value is -1.95. The Morgan fingerprint density at radius 1 is 1.17 bits per heavy atom. The van der Waals surface area contributed by atoms with Gasteiger partial charge in [0, 0.05) is 23.2 Å². The quantitative estimate of drug-likeness (QED) is 0.759. The van der Waals surface area contributed by atoms with Crippen LogP contribution in [0.1, 0.15) is 42.7 Å². The second kappa shape index (κ2) is 8.78. The van der Waals surface area contributed by atoms with E-state index in [2.05, 4.69) is 50.0 Å². The average Bonchev–Trinajstić information content (AvgIpc) is 2.57. The van der Waals surface area contributed by atoms with Crippen LogP contribution in [-0.2, 0) is 0 Å². The Kier molecular flexibility index (Phi) is 6.73. The van der Waals surface area contributed by atoms with Gasteiger partial charge in [0.1, 0.15) is 11.5 Å². The highest BCUT2D eigenvalue weighted by Gasteiger charge is 2.12. The van der Waals surface area contributed by atoms with Gasteiger partial charge in [-0.3, -0.25) is 4.79 Å². The molecule has 1 aromatic heterocycles. The minimum atomic E-state index is -0.253. The molecule has 0 saturated carbocycles. The lowest BCUT2D eigenvalue weighted by molar-refractivity contribution is 0.102. The number of carbonyl (C=O) groups excluding carboxylic acids is 1. The number of hydrogen-bond donors (Lipinski definition) is 1. The molecule has 0 fully saturated rings. The summed E-state index contributed by atoms with van der Waals surface area (Å²) in [6.07, 6.45) is 5.31. The van der Waals surface area contributed by atoms with E-state index in [0.717, 1.165) is 47.5 Å². The summed E-state index contributed by atoms with van der Waals surface area (Å²) in [6, 6.07) is 5.71. The third kappa shape index (κ3) is 4.77. The van der Waals surface area contributed by atoms with Crippen molar-refractivity contribution in [2.45, 2.75) is 33.6 Å². The molecule has 6 heteroatoms. The molecule has 5 nitrogen and oxygen atoms in total. The Bertz CT molecular complexity index is 682. The summed E-state index contributed by atoms with van der Waals surface area (Å²) in [4.78, 5) is 23.2. The normalized spacial score (nSPS) is 10.5. The summed E-state index contributed by atoms with van der Waals surface area (Å²) in [5.74, 6) is 0.562. The molecule has 2 rings (SSSR count). The van der Waals surface area contributed by atoms with E-state index in [4.69, 9.17) is 0 Å². The van der Waals surface area contributed by atoms with Gasteiger partial charge in [-0.25, -0.2) is 9.97 Å². The molecule has 0 bridgehead atoms. The number of benzene rings is 1. The van der Waals surface area contributed by atoms with Crippen LogP contribution in [0.5, 0.6) is 0 Å². The van der Waals surface area contributed by atoms with E-state index in [1.807, 2.05) is 25.1 Å². The molecule has 0 atom stereocenters. The van der Waals surface area contributed by atoms with E-state index < -0.39 is 0 Å². The topological polar surface area (TPSA) is 58.1 Å². The molecular weight excluding hydrogens is 368 g/mol. The summed E-state index contributed by atoms with van der Waals surface area (Å²) < 4.78 is 0.981. The molecule has 0 saturated heterocycles. The number of nitrogens with one attached hydrogen (secondary N) is 1. The van der Waals surface area contributed by atoms with Gasteiger partial charge >= 0.3 is 0 Å². The lowest BCUT2D eigenvalue weighted by Gasteiger charge is -2.22. The Balaban J connectivity index is 2.10. The molecular formula is C18H23BrN4O. The highest BCUT2D eigenvalue weighted by molar-refractivity contribution is 9.10. The molecule has 128 valence electrons. The Morgan fingerprint density at radius 2 is 1.88 bits per heavy atom. The molecule has 1 N–H and O–H groups in total. The summed E-state index contributed by atoms with van der Waals surface area (Å²) in [5.41, 5.74) is 2.07. The highest BCUT2D eigenvalue weighted by Crippen LogP contribution is 2.20. The van der Waals surface area contributed by atoms with Crippen molar-refractivity contribution >= 4 is 33.3 Å². The first-order valence-electron chi connectivity index (χ1n) is 8.19. The SMILES string of the molecule is CCCN(CCC)c1cnc(C(=O)Nc2ccc(Br)cc2C)cn1. The average molecular weight is 391 g/mol. The van der Waals surface area contributed by atoms with E-state index in [1.54, 1.807) is 6.20 Å². The van der Waals surface area contributed by atoms with E-state index >= 15 is 0 Å². The zero-order chi connectivity index (χ0) is 17.5. The number of amides is 1. The maximum atomic E-state index is 12.3. The van der Waals surface area contributed by atoms with E-state index in [1.165, 1.54) is 6.20 Å². The van der Waals surface area contributed by atoms with Crippen molar-refractivity contribution in [2.75, 3.05) is 23.3 Å². The Labute approximate surface area is 151 Å². The lowest BCUT2D eigenvalue weighted by Crippen LogP contribution is -2.26. The minimum Gasteiger partial charge on any atom is -0.355 e. The summed E-state index contributed by atoms with van der Waals surface area (Å²) in [7, 11) is 0. The van der Waals surface area contributed by atoms with Crippen LogP contribution in [0.3, 0.4) is 0 Å². The first-order chi connectivity index (χ1) is 11.5. The zero-order valence-corrected chi connectivity index (χ0v) is 15.9. The fourth-order valence-electron chi connectivity index (χ4n) is 2.44. The van der Waals surface area contributed by atoms with Crippen LogP contribution in [0.4, 0.5) is 11.5 Å². The second-order valence-electron chi connectivity index (χ2n) is 5.66. The third-order valence-electron chi connectivity index (χ3n) is 3.62. The predicted octanol–water partition coefficient (Wildman–Crippen LogP) is 4.43. The lowest BCUT2D eigenvalue weighted by atomic mass is 10.2. The van der Waals surface area contributed by atoms with Crippen LogP contribution in [0.25, 0.3) is 0 Å². The van der Waals surface area contributed by atoms with Crippen LogP contribution >= 0.6 is 15.9 Å².